The number of benzene rings is 1. The van der Waals surface area contributed by atoms with Crippen molar-refractivity contribution in [3.05, 3.63) is 28.5 Å². The molecule has 0 aliphatic carbocycles. The van der Waals surface area contributed by atoms with Crippen LogP contribution in [0.15, 0.2) is 16.5 Å². The van der Waals surface area contributed by atoms with E-state index in [-0.39, 0.29) is 0 Å². The number of halogens is 1. The topological polar surface area (TPSA) is 42.2 Å². The summed E-state index contributed by atoms with van der Waals surface area (Å²) in [5.74, 6) is 0.922. The molecular weight excluding hydrogens is 226 g/mol. The van der Waals surface area contributed by atoms with Crippen molar-refractivity contribution in [1.82, 2.24) is 0 Å². The molecule has 1 aromatic heterocycles. The summed E-state index contributed by atoms with van der Waals surface area (Å²) in [6.07, 6.45) is 1.44. The average molecular weight is 238 g/mol. The zero-order valence-corrected chi connectivity index (χ0v) is 9.89. The highest BCUT2D eigenvalue weighted by Crippen LogP contribution is 2.33. The van der Waals surface area contributed by atoms with Gasteiger partial charge in [-0.3, -0.25) is 4.79 Å². The Hall–Kier alpha value is -1.48. The van der Waals surface area contributed by atoms with Crippen molar-refractivity contribution < 1.29 is 9.21 Å². The number of anilines is 1. The lowest BCUT2D eigenvalue weighted by Crippen LogP contribution is -1.93. The summed E-state index contributed by atoms with van der Waals surface area (Å²) in [4.78, 5) is 10.5. The molecule has 0 fully saturated rings. The second kappa shape index (κ2) is 4.18. The van der Waals surface area contributed by atoms with Crippen LogP contribution in [-0.4, -0.2) is 6.41 Å². The van der Waals surface area contributed by atoms with E-state index in [0.717, 1.165) is 23.1 Å². The Morgan fingerprint density at radius 2 is 2.25 bits per heavy atom. The van der Waals surface area contributed by atoms with Gasteiger partial charge in [0.15, 0.2) is 5.58 Å². The second-order valence-electron chi connectivity index (χ2n) is 3.60. The maximum Gasteiger partial charge on any atom is 0.211 e. The summed E-state index contributed by atoms with van der Waals surface area (Å²) in [5, 5.41) is 4.14. The SMILES string of the molecule is CCc1oc2c(NC=O)cc(Cl)cc2c1C. The molecule has 1 heterocycles. The van der Waals surface area contributed by atoms with E-state index in [1.165, 1.54) is 0 Å². The first-order valence-corrected chi connectivity index (χ1v) is 5.46. The summed E-state index contributed by atoms with van der Waals surface area (Å²) in [7, 11) is 0. The number of aryl methyl sites for hydroxylation is 2. The third kappa shape index (κ3) is 1.67. The van der Waals surface area contributed by atoms with Crippen molar-refractivity contribution in [2.24, 2.45) is 0 Å². The molecule has 0 saturated carbocycles. The largest absolute Gasteiger partial charge is 0.459 e. The molecule has 0 aliphatic rings. The van der Waals surface area contributed by atoms with Crippen molar-refractivity contribution >= 4 is 34.7 Å². The highest BCUT2D eigenvalue weighted by molar-refractivity contribution is 6.32. The van der Waals surface area contributed by atoms with E-state index in [9.17, 15) is 4.79 Å². The van der Waals surface area contributed by atoms with Gasteiger partial charge in [-0.1, -0.05) is 18.5 Å². The van der Waals surface area contributed by atoms with Gasteiger partial charge >= 0.3 is 0 Å². The number of furan rings is 1. The molecule has 4 heteroatoms. The highest BCUT2D eigenvalue weighted by Gasteiger charge is 2.13. The van der Waals surface area contributed by atoms with Crippen LogP contribution in [0.3, 0.4) is 0 Å². The van der Waals surface area contributed by atoms with E-state index in [0.29, 0.717) is 22.7 Å². The number of nitrogens with one attached hydrogen (secondary N) is 1. The van der Waals surface area contributed by atoms with Crippen LogP contribution in [0, 0.1) is 6.92 Å². The van der Waals surface area contributed by atoms with E-state index in [4.69, 9.17) is 16.0 Å². The van der Waals surface area contributed by atoms with Gasteiger partial charge in [0.05, 0.1) is 5.69 Å². The van der Waals surface area contributed by atoms with Gasteiger partial charge in [0.2, 0.25) is 6.41 Å². The Morgan fingerprint density at radius 1 is 1.50 bits per heavy atom. The van der Waals surface area contributed by atoms with Crippen molar-refractivity contribution in [3.8, 4) is 0 Å². The van der Waals surface area contributed by atoms with E-state index in [1.807, 2.05) is 19.9 Å². The maximum atomic E-state index is 10.5. The summed E-state index contributed by atoms with van der Waals surface area (Å²) in [6.45, 7) is 4.02. The fourth-order valence-electron chi connectivity index (χ4n) is 1.84. The zero-order valence-electron chi connectivity index (χ0n) is 9.13. The van der Waals surface area contributed by atoms with E-state index in [2.05, 4.69) is 5.32 Å². The Kier molecular flexibility index (Phi) is 2.88. The number of rotatable bonds is 3. The second-order valence-corrected chi connectivity index (χ2v) is 4.03. The standard InChI is InChI=1S/C12H12ClNO2/c1-3-11-7(2)9-4-8(13)5-10(14-6-15)12(9)16-11/h4-6H,3H2,1-2H3,(H,14,15). The van der Waals surface area contributed by atoms with Crippen LogP contribution in [-0.2, 0) is 11.2 Å². The van der Waals surface area contributed by atoms with E-state index in [1.54, 1.807) is 6.07 Å². The van der Waals surface area contributed by atoms with Crippen molar-refractivity contribution in [2.75, 3.05) is 5.32 Å². The first-order chi connectivity index (χ1) is 7.67. The summed E-state index contributed by atoms with van der Waals surface area (Å²) < 4.78 is 5.71. The van der Waals surface area contributed by atoms with Gasteiger partial charge in [-0.25, -0.2) is 0 Å². The predicted molar refractivity (Wildman–Crippen MR) is 65.0 cm³/mol. The number of fused-ring (bicyclic) bond motifs is 1. The summed E-state index contributed by atoms with van der Waals surface area (Å²) >= 11 is 5.99. The van der Waals surface area contributed by atoms with Gasteiger partial charge in [0.1, 0.15) is 5.76 Å². The molecule has 0 radical (unpaired) electrons. The summed E-state index contributed by atoms with van der Waals surface area (Å²) in [5.41, 5.74) is 2.38. The normalized spacial score (nSPS) is 10.7. The van der Waals surface area contributed by atoms with Gasteiger partial charge in [-0.05, 0) is 24.6 Å². The number of carbonyl (C=O) groups is 1. The van der Waals surface area contributed by atoms with Crippen LogP contribution >= 0.6 is 11.6 Å². The van der Waals surface area contributed by atoms with Gasteiger partial charge in [-0.15, -0.1) is 0 Å². The zero-order chi connectivity index (χ0) is 11.7. The predicted octanol–water partition coefficient (Wildman–Crippen LogP) is 3.53. The highest BCUT2D eigenvalue weighted by atomic mass is 35.5. The van der Waals surface area contributed by atoms with Gasteiger partial charge in [-0.2, -0.15) is 0 Å². The molecule has 0 atom stereocenters. The van der Waals surface area contributed by atoms with Crippen molar-refractivity contribution in [2.45, 2.75) is 20.3 Å². The molecule has 3 nitrogen and oxygen atoms in total. The minimum atomic E-state index is 0.586. The van der Waals surface area contributed by atoms with Gasteiger partial charge < -0.3 is 9.73 Å². The Bertz CT molecular complexity index is 545. The van der Waals surface area contributed by atoms with Gasteiger partial charge in [0.25, 0.3) is 0 Å². The number of hydrogen-bond donors (Lipinski definition) is 1. The van der Waals surface area contributed by atoms with Crippen LogP contribution in [0.2, 0.25) is 5.02 Å². The smallest absolute Gasteiger partial charge is 0.211 e. The van der Waals surface area contributed by atoms with Gasteiger partial charge in [0, 0.05) is 16.8 Å². The molecule has 0 spiro atoms. The fraction of sp³-hybridized carbons (Fsp3) is 0.250. The molecule has 1 amide bonds. The lowest BCUT2D eigenvalue weighted by Gasteiger charge is -2.00. The number of carbonyl (C=O) groups excluding carboxylic acids is 1. The van der Waals surface area contributed by atoms with Crippen LogP contribution in [0.1, 0.15) is 18.2 Å². The fourth-order valence-corrected chi connectivity index (χ4v) is 2.06. The lowest BCUT2D eigenvalue weighted by atomic mass is 10.1. The van der Waals surface area contributed by atoms with Crippen LogP contribution in [0.4, 0.5) is 5.69 Å². The minimum absolute atomic E-state index is 0.586. The van der Waals surface area contributed by atoms with Crippen LogP contribution < -0.4 is 5.32 Å². The van der Waals surface area contributed by atoms with E-state index >= 15 is 0 Å². The molecule has 0 bridgehead atoms. The third-order valence-corrected chi connectivity index (χ3v) is 2.85. The molecule has 2 rings (SSSR count). The molecule has 0 unspecified atom stereocenters. The number of hydrogen-bond acceptors (Lipinski definition) is 2. The first kappa shape index (κ1) is 11.0. The summed E-state index contributed by atoms with van der Waals surface area (Å²) in [6, 6.07) is 3.53. The first-order valence-electron chi connectivity index (χ1n) is 5.09. The maximum absolute atomic E-state index is 10.5. The van der Waals surface area contributed by atoms with Crippen LogP contribution in [0.5, 0.6) is 0 Å². The molecule has 1 N–H and O–H groups in total. The average Bonchev–Trinajstić information content (AvgIpc) is 2.57. The quantitative estimate of drug-likeness (QED) is 0.830. The lowest BCUT2D eigenvalue weighted by molar-refractivity contribution is -0.105. The Labute approximate surface area is 98.4 Å². The molecular formula is C12H12ClNO2. The van der Waals surface area contributed by atoms with Crippen molar-refractivity contribution in [1.29, 1.82) is 0 Å². The third-order valence-electron chi connectivity index (χ3n) is 2.64. The molecule has 84 valence electrons. The molecule has 0 aliphatic heterocycles. The monoisotopic (exact) mass is 237 g/mol. The van der Waals surface area contributed by atoms with Crippen molar-refractivity contribution in [3.63, 3.8) is 0 Å². The molecule has 16 heavy (non-hydrogen) atoms. The molecule has 1 aromatic carbocycles. The molecule has 2 aromatic rings. The van der Waals surface area contributed by atoms with Crippen LogP contribution in [0.25, 0.3) is 11.0 Å². The Balaban J connectivity index is 2.75. The minimum Gasteiger partial charge on any atom is -0.459 e. The number of amides is 1. The molecule has 0 saturated heterocycles. The van der Waals surface area contributed by atoms with E-state index < -0.39 is 0 Å². The Morgan fingerprint density at radius 3 is 2.88 bits per heavy atom.